The monoisotopic (exact) mass is 453 g/mol. The highest BCUT2D eigenvalue weighted by Crippen LogP contribution is 2.45. The lowest BCUT2D eigenvalue weighted by molar-refractivity contribution is 0.0526. The van der Waals surface area contributed by atoms with Gasteiger partial charge in [-0.15, -0.1) is 0 Å². The van der Waals surface area contributed by atoms with Crippen LogP contribution in [0.5, 0.6) is 0 Å². The number of esters is 1. The quantitative estimate of drug-likeness (QED) is 0.300. The fraction of sp³-hybridized carbons (Fsp3) is 0.111. The molecule has 0 saturated heterocycles. The molecule has 5 nitrogen and oxygen atoms in total. The Balaban J connectivity index is 1.52. The van der Waals surface area contributed by atoms with Crippen LogP contribution in [0.2, 0.25) is 0 Å². The first-order chi connectivity index (χ1) is 16.0. The van der Waals surface area contributed by atoms with Crippen LogP contribution < -0.4 is 11.1 Å². The molecule has 5 rings (SSSR count). The van der Waals surface area contributed by atoms with E-state index in [9.17, 15) is 4.79 Å². The Morgan fingerprint density at radius 2 is 1.79 bits per heavy atom. The van der Waals surface area contributed by atoms with Gasteiger partial charge in [-0.3, -0.25) is 4.98 Å². The van der Waals surface area contributed by atoms with Gasteiger partial charge in [0.1, 0.15) is 5.56 Å². The van der Waals surface area contributed by atoms with Crippen LogP contribution in [0.15, 0.2) is 77.0 Å². The topological polar surface area (TPSA) is 77.2 Å². The number of para-hydroxylation sites is 1. The van der Waals surface area contributed by atoms with E-state index < -0.39 is 5.97 Å². The van der Waals surface area contributed by atoms with E-state index in [1.807, 2.05) is 30.3 Å². The van der Waals surface area contributed by atoms with E-state index in [0.717, 1.165) is 33.6 Å². The summed E-state index contributed by atoms with van der Waals surface area (Å²) in [7, 11) is 0. The number of carbonyl (C=O) groups excluding carboxylic acids is 1. The van der Waals surface area contributed by atoms with Gasteiger partial charge in [-0.25, -0.2) is 4.79 Å². The molecule has 1 aliphatic heterocycles. The van der Waals surface area contributed by atoms with Crippen molar-refractivity contribution in [1.82, 2.24) is 4.98 Å². The number of nitrogen functional groups attached to an aromatic ring is 1. The van der Waals surface area contributed by atoms with Crippen molar-refractivity contribution >= 4 is 51.3 Å². The highest BCUT2D eigenvalue weighted by Gasteiger charge is 2.20. The zero-order chi connectivity index (χ0) is 23.1. The van der Waals surface area contributed by atoms with Gasteiger partial charge < -0.3 is 15.8 Å². The van der Waals surface area contributed by atoms with Crippen LogP contribution in [0.1, 0.15) is 34.1 Å². The first-order valence-corrected chi connectivity index (χ1v) is 11.5. The van der Waals surface area contributed by atoms with E-state index in [4.69, 9.17) is 10.5 Å². The normalized spacial score (nSPS) is 11.9. The first kappa shape index (κ1) is 21.1. The summed E-state index contributed by atoms with van der Waals surface area (Å²) < 4.78 is 5.18. The number of ether oxygens (including phenoxy) is 1. The highest BCUT2D eigenvalue weighted by molar-refractivity contribution is 7.99. The van der Waals surface area contributed by atoms with Gasteiger partial charge in [0.2, 0.25) is 0 Å². The molecule has 0 aliphatic carbocycles. The molecule has 0 radical (unpaired) electrons. The van der Waals surface area contributed by atoms with Crippen molar-refractivity contribution in [3.63, 3.8) is 0 Å². The van der Waals surface area contributed by atoms with Crippen LogP contribution in [0.4, 0.5) is 17.1 Å². The number of nitrogens with zero attached hydrogens (tertiary/aromatic N) is 1. The van der Waals surface area contributed by atoms with Crippen molar-refractivity contribution in [1.29, 1.82) is 0 Å². The van der Waals surface area contributed by atoms with Gasteiger partial charge in [0.05, 0.1) is 34.9 Å². The average molecular weight is 454 g/mol. The highest BCUT2D eigenvalue weighted by atomic mass is 32.2. The van der Waals surface area contributed by atoms with Gasteiger partial charge in [0, 0.05) is 15.2 Å². The molecule has 33 heavy (non-hydrogen) atoms. The van der Waals surface area contributed by atoms with Crippen LogP contribution >= 0.6 is 11.8 Å². The smallest absolute Gasteiger partial charge is 0.342 e. The second kappa shape index (κ2) is 8.30. The third-order valence-electron chi connectivity index (χ3n) is 5.74. The van der Waals surface area contributed by atoms with Gasteiger partial charge in [-0.1, -0.05) is 42.6 Å². The molecule has 1 aliphatic rings. The average Bonchev–Trinajstić information content (AvgIpc) is 2.82. The number of pyridine rings is 1. The molecular formula is C27H23N3O2S. The number of carbonyl (C=O) groups is 1. The van der Waals surface area contributed by atoms with E-state index in [1.54, 1.807) is 25.6 Å². The standard InChI is InChI=1S/C27H23N3O2S/c1-4-32-27(31)25-16(3)29-20-11-9-17(13-19(20)26(25)28)15(2)18-10-12-24-22(14-18)30-21-7-5-6-8-23(21)33-24/h5-14,30H,2,4H2,1,3H3,(H2,28,29). The summed E-state index contributed by atoms with van der Waals surface area (Å²) in [5, 5.41) is 4.23. The van der Waals surface area contributed by atoms with Crippen molar-refractivity contribution in [3.8, 4) is 0 Å². The molecule has 0 fully saturated rings. The van der Waals surface area contributed by atoms with Gasteiger partial charge in [-0.05, 0) is 66.9 Å². The molecule has 164 valence electrons. The minimum absolute atomic E-state index is 0.279. The molecular weight excluding hydrogens is 430 g/mol. The number of benzene rings is 3. The van der Waals surface area contributed by atoms with Crippen LogP contribution in [-0.4, -0.2) is 17.6 Å². The zero-order valence-corrected chi connectivity index (χ0v) is 19.3. The Labute approximate surface area is 196 Å². The minimum Gasteiger partial charge on any atom is -0.462 e. The molecule has 0 bridgehead atoms. The van der Waals surface area contributed by atoms with E-state index >= 15 is 0 Å². The molecule has 3 N–H and O–H groups in total. The number of nitrogens with one attached hydrogen (secondary N) is 1. The van der Waals surface area contributed by atoms with E-state index in [-0.39, 0.29) is 6.61 Å². The molecule has 6 heteroatoms. The van der Waals surface area contributed by atoms with Gasteiger partial charge >= 0.3 is 5.97 Å². The zero-order valence-electron chi connectivity index (χ0n) is 18.4. The predicted molar refractivity (Wildman–Crippen MR) is 135 cm³/mol. The van der Waals surface area contributed by atoms with Crippen LogP contribution in [0.25, 0.3) is 16.5 Å². The molecule has 0 unspecified atom stereocenters. The Morgan fingerprint density at radius 1 is 1.06 bits per heavy atom. The Hall–Kier alpha value is -3.77. The van der Waals surface area contributed by atoms with E-state index in [0.29, 0.717) is 22.3 Å². The van der Waals surface area contributed by atoms with E-state index in [2.05, 4.69) is 47.2 Å². The van der Waals surface area contributed by atoms with Gasteiger partial charge in [0.25, 0.3) is 0 Å². The maximum atomic E-state index is 12.4. The molecule has 2 heterocycles. The summed E-state index contributed by atoms with van der Waals surface area (Å²) in [6.07, 6.45) is 0. The maximum Gasteiger partial charge on any atom is 0.342 e. The summed E-state index contributed by atoms with van der Waals surface area (Å²) in [6.45, 7) is 8.16. The number of nitrogens with two attached hydrogens (primary N) is 1. The van der Waals surface area contributed by atoms with Gasteiger partial charge in [-0.2, -0.15) is 0 Å². The SMILES string of the molecule is C=C(c1ccc2c(c1)Nc1ccccc1S2)c1ccc2nc(C)c(C(=O)OCC)c(N)c2c1. The second-order valence-electron chi connectivity index (χ2n) is 7.85. The molecule has 4 aromatic rings. The Bertz CT molecular complexity index is 1450. The van der Waals surface area contributed by atoms with Crippen molar-refractivity contribution in [2.75, 3.05) is 17.7 Å². The number of anilines is 3. The molecule has 0 spiro atoms. The van der Waals surface area contributed by atoms with Crippen LogP contribution in [-0.2, 0) is 4.74 Å². The first-order valence-electron chi connectivity index (χ1n) is 10.7. The predicted octanol–water partition coefficient (Wildman–Crippen LogP) is 6.57. The number of hydrogen-bond donors (Lipinski definition) is 2. The summed E-state index contributed by atoms with van der Waals surface area (Å²) in [5.41, 5.74) is 13.3. The lowest BCUT2D eigenvalue weighted by Gasteiger charge is -2.21. The fourth-order valence-corrected chi connectivity index (χ4v) is 5.03. The molecule has 1 aromatic heterocycles. The Kier molecular flexibility index (Phi) is 5.30. The summed E-state index contributed by atoms with van der Waals surface area (Å²) in [6, 6.07) is 20.4. The number of aryl methyl sites for hydroxylation is 1. The number of aromatic nitrogens is 1. The summed E-state index contributed by atoms with van der Waals surface area (Å²) >= 11 is 1.75. The molecule has 0 saturated carbocycles. The minimum atomic E-state index is -0.454. The maximum absolute atomic E-state index is 12.4. The van der Waals surface area contributed by atoms with Gasteiger partial charge in [0.15, 0.2) is 0 Å². The lowest BCUT2D eigenvalue weighted by atomic mass is 9.96. The molecule has 3 aromatic carbocycles. The van der Waals surface area contributed by atoms with E-state index in [1.165, 1.54) is 9.79 Å². The van der Waals surface area contributed by atoms with Crippen molar-refractivity contribution in [2.24, 2.45) is 0 Å². The van der Waals surface area contributed by atoms with Crippen LogP contribution in [0.3, 0.4) is 0 Å². The second-order valence-corrected chi connectivity index (χ2v) is 8.93. The summed E-state index contributed by atoms with van der Waals surface area (Å²) in [4.78, 5) is 19.4. The lowest BCUT2D eigenvalue weighted by Crippen LogP contribution is -2.12. The number of hydrogen-bond acceptors (Lipinski definition) is 6. The van der Waals surface area contributed by atoms with Crippen molar-refractivity contribution < 1.29 is 9.53 Å². The molecule has 0 atom stereocenters. The fourth-order valence-electron chi connectivity index (χ4n) is 4.06. The van der Waals surface area contributed by atoms with Crippen LogP contribution in [0, 0.1) is 6.92 Å². The Morgan fingerprint density at radius 3 is 2.61 bits per heavy atom. The number of rotatable bonds is 4. The molecule has 0 amide bonds. The third-order valence-corrected chi connectivity index (χ3v) is 6.89. The largest absolute Gasteiger partial charge is 0.462 e. The van der Waals surface area contributed by atoms with Crippen molar-refractivity contribution in [3.05, 3.63) is 89.6 Å². The summed E-state index contributed by atoms with van der Waals surface area (Å²) in [5.74, 6) is -0.454. The number of fused-ring (bicyclic) bond motifs is 3. The third kappa shape index (κ3) is 3.72. The van der Waals surface area contributed by atoms with Crippen molar-refractivity contribution in [2.45, 2.75) is 23.6 Å².